The highest BCUT2D eigenvalue weighted by molar-refractivity contribution is 5.68. The largest absolute Gasteiger partial charge is 0.444 e. The maximum atomic E-state index is 12.1. The second-order valence-electron chi connectivity index (χ2n) is 7.09. The molecule has 1 fully saturated rings. The molecule has 1 aliphatic rings. The summed E-state index contributed by atoms with van der Waals surface area (Å²) in [5.74, 6) is 0. The molecule has 2 rings (SSSR count). The van der Waals surface area contributed by atoms with Crippen LogP contribution in [0.4, 0.5) is 16.2 Å². The number of anilines is 1. The average molecular weight is 335 g/mol. The number of hydrogen-bond donors (Lipinski definition) is 0. The number of benzene rings is 1. The number of carbonyl (C=O) groups excluding carboxylic acids is 1. The first-order chi connectivity index (χ1) is 11.2. The summed E-state index contributed by atoms with van der Waals surface area (Å²) in [6.45, 7) is 7.05. The van der Waals surface area contributed by atoms with Crippen LogP contribution in [-0.4, -0.2) is 47.7 Å². The monoisotopic (exact) mass is 335 g/mol. The van der Waals surface area contributed by atoms with E-state index in [9.17, 15) is 14.9 Å². The number of non-ortho nitro benzene ring substituents is 1. The highest BCUT2D eigenvalue weighted by Gasteiger charge is 2.28. The van der Waals surface area contributed by atoms with Gasteiger partial charge >= 0.3 is 6.09 Å². The summed E-state index contributed by atoms with van der Waals surface area (Å²) in [7, 11) is 1.77. The van der Waals surface area contributed by atoms with E-state index in [0.29, 0.717) is 0 Å². The van der Waals surface area contributed by atoms with Gasteiger partial charge in [0.05, 0.1) is 4.92 Å². The van der Waals surface area contributed by atoms with Crippen LogP contribution in [0.15, 0.2) is 24.3 Å². The molecule has 1 aromatic carbocycles. The number of nitro groups is 1. The van der Waals surface area contributed by atoms with Gasteiger partial charge in [0.25, 0.3) is 5.69 Å². The molecule has 0 spiro atoms. The van der Waals surface area contributed by atoms with Crippen LogP contribution in [-0.2, 0) is 4.74 Å². The standard InChI is InChI=1S/C17H25N3O4/c1-17(2,3)24-16(21)18(4)13-8-10-19(11-9-13)14-6-5-7-15(12-14)20(22)23/h5-7,12-13H,8-11H2,1-4H3. The zero-order valence-corrected chi connectivity index (χ0v) is 14.7. The molecule has 1 aromatic rings. The Labute approximate surface area is 142 Å². The first kappa shape index (κ1) is 18.0. The third-order valence-electron chi connectivity index (χ3n) is 4.10. The molecule has 0 bridgehead atoms. The Morgan fingerprint density at radius 2 is 1.96 bits per heavy atom. The van der Waals surface area contributed by atoms with E-state index in [4.69, 9.17) is 4.74 Å². The second kappa shape index (κ2) is 7.07. The number of carbonyl (C=O) groups is 1. The molecule has 0 aromatic heterocycles. The van der Waals surface area contributed by atoms with E-state index in [1.807, 2.05) is 26.8 Å². The maximum Gasteiger partial charge on any atom is 0.410 e. The van der Waals surface area contributed by atoms with E-state index in [-0.39, 0.29) is 22.7 Å². The third kappa shape index (κ3) is 4.59. The van der Waals surface area contributed by atoms with Crippen LogP contribution in [0.5, 0.6) is 0 Å². The minimum absolute atomic E-state index is 0.0977. The van der Waals surface area contributed by atoms with Crippen molar-refractivity contribution in [3.05, 3.63) is 34.4 Å². The second-order valence-corrected chi connectivity index (χ2v) is 7.09. The number of rotatable bonds is 3. The zero-order valence-electron chi connectivity index (χ0n) is 14.7. The fourth-order valence-electron chi connectivity index (χ4n) is 2.80. The van der Waals surface area contributed by atoms with Crippen molar-refractivity contribution in [3.8, 4) is 0 Å². The van der Waals surface area contributed by atoms with Gasteiger partial charge in [-0.25, -0.2) is 4.79 Å². The molecule has 1 saturated heterocycles. The first-order valence-electron chi connectivity index (χ1n) is 8.12. The summed E-state index contributed by atoms with van der Waals surface area (Å²) >= 11 is 0. The highest BCUT2D eigenvalue weighted by Crippen LogP contribution is 2.26. The number of amides is 1. The predicted octanol–water partition coefficient (Wildman–Crippen LogP) is 3.43. The van der Waals surface area contributed by atoms with Gasteiger partial charge in [-0.05, 0) is 39.7 Å². The molecule has 1 amide bonds. The molecule has 0 unspecified atom stereocenters. The van der Waals surface area contributed by atoms with Crippen LogP contribution >= 0.6 is 0 Å². The van der Waals surface area contributed by atoms with E-state index in [1.54, 1.807) is 24.1 Å². The van der Waals surface area contributed by atoms with Gasteiger partial charge < -0.3 is 14.5 Å². The molecule has 0 saturated carbocycles. The Kier molecular flexibility index (Phi) is 5.31. The van der Waals surface area contributed by atoms with Gasteiger partial charge in [-0.3, -0.25) is 10.1 Å². The molecule has 7 nitrogen and oxygen atoms in total. The zero-order chi connectivity index (χ0) is 17.9. The minimum atomic E-state index is -0.505. The third-order valence-corrected chi connectivity index (χ3v) is 4.10. The molecule has 0 atom stereocenters. The van der Waals surface area contributed by atoms with Gasteiger partial charge in [-0.1, -0.05) is 6.07 Å². The number of nitrogens with zero attached hydrogens (tertiary/aromatic N) is 3. The quantitative estimate of drug-likeness (QED) is 0.625. The first-order valence-corrected chi connectivity index (χ1v) is 8.12. The minimum Gasteiger partial charge on any atom is -0.444 e. The topological polar surface area (TPSA) is 75.9 Å². The van der Waals surface area contributed by atoms with E-state index in [2.05, 4.69) is 4.90 Å². The van der Waals surface area contributed by atoms with Crippen molar-refractivity contribution in [2.45, 2.75) is 45.3 Å². The molecule has 1 heterocycles. The van der Waals surface area contributed by atoms with E-state index < -0.39 is 5.60 Å². The van der Waals surface area contributed by atoms with Crippen molar-refractivity contribution < 1.29 is 14.5 Å². The van der Waals surface area contributed by atoms with E-state index in [1.165, 1.54) is 6.07 Å². The van der Waals surface area contributed by atoms with Gasteiger partial charge in [0, 0.05) is 44.0 Å². The molecule has 0 N–H and O–H groups in total. The number of ether oxygens (including phenoxy) is 1. The van der Waals surface area contributed by atoms with Crippen LogP contribution in [0.3, 0.4) is 0 Å². The number of nitro benzene ring substituents is 1. The Bertz CT molecular complexity index is 604. The fourth-order valence-corrected chi connectivity index (χ4v) is 2.80. The van der Waals surface area contributed by atoms with Crippen LogP contribution in [0.25, 0.3) is 0 Å². The van der Waals surface area contributed by atoms with Gasteiger partial charge in [-0.2, -0.15) is 0 Å². The SMILES string of the molecule is CN(C(=O)OC(C)(C)C)C1CCN(c2cccc([N+](=O)[O-])c2)CC1. The lowest BCUT2D eigenvalue weighted by molar-refractivity contribution is -0.384. The maximum absolute atomic E-state index is 12.1. The predicted molar refractivity (Wildman–Crippen MR) is 92.3 cm³/mol. The lowest BCUT2D eigenvalue weighted by Gasteiger charge is -2.38. The van der Waals surface area contributed by atoms with Gasteiger partial charge in [-0.15, -0.1) is 0 Å². The van der Waals surface area contributed by atoms with Crippen molar-refractivity contribution in [3.63, 3.8) is 0 Å². The summed E-state index contributed by atoms with van der Waals surface area (Å²) in [6, 6.07) is 6.79. The summed E-state index contributed by atoms with van der Waals surface area (Å²) in [4.78, 5) is 26.4. The van der Waals surface area contributed by atoms with Crippen molar-refractivity contribution in [1.29, 1.82) is 0 Å². The van der Waals surface area contributed by atoms with Gasteiger partial charge in [0.15, 0.2) is 0 Å². The van der Waals surface area contributed by atoms with E-state index in [0.717, 1.165) is 31.6 Å². The number of piperidine rings is 1. The Balaban J connectivity index is 1.95. The van der Waals surface area contributed by atoms with Crippen LogP contribution < -0.4 is 4.90 Å². The van der Waals surface area contributed by atoms with Gasteiger partial charge in [0.2, 0.25) is 0 Å². The summed E-state index contributed by atoms with van der Waals surface area (Å²) in [5, 5.41) is 10.9. The molecule has 7 heteroatoms. The molecular formula is C17H25N3O4. The fraction of sp³-hybridized carbons (Fsp3) is 0.588. The Morgan fingerprint density at radius 1 is 1.33 bits per heavy atom. The summed E-state index contributed by atoms with van der Waals surface area (Å²) in [5.41, 5.74) is 0.442. The van der Waals surface area contributed by atoms with Gasteiger partial charge in [0.1, 0.15) is 5.60 Å². The van der Waals surface area contributed by atoms with Crippen molar-refractivity contribution in [2.75, 3.05) is 25.0 Å². The lowest BCUT2D eigenvalue weighted by atomic mass is 10.0. The molecule has 1 aliphatic heterocycles. The average Bonchev–Trinajstić information content (AvgIpc) is 2.53. The summed E-state index contributed by atoms with van der Waals surface area (Å²) < 4.78 is 5.40. The molecule has 132 valence electrons. The van der Waals surface area contributed by atoms with E-state index >= 15 is 0 Å². The van der Waals surface area contributed by atoms with Crippen LogP contribution in [0.2, 0.25) is 0 Å². The molecule has 0 aliphatic carbocycles. The highest BCUT2D eigenvalue weighted by atomic mass is 16.6. The van der Waals surface area contributed by atoms with Crippen molar-refractivity contribution in [2.24, 2.45) is 0 Å². The van der Waals surface area contributed by atoms with Crippen LogP contribution in [0.1, 0.15) is 33.6 Å². The lowest BCUT2D eigenvalue weighted by Crippen LogP contribution is -2.47. The van der Waals surface area contributed by atoms with Crippen LogP contribution in [0, 0.1) is 10.1 Å². The Hall–Kier alpha value is -2.31. The molecule has 24 heavy (non-hydrogen) atoms. The number of hydrogen-bond acceptors (Lipinski definition) is 5. The Morgan fingerprint density at radius 3 is 2.50 bits per heavy atom. The molecule has 0 radical (unpaired) electrons. The summed E-state index contributed by atoms with van der Waals surface area (Å²) in [6.07, 6.45) is 1.30. The van der Waals surface area contributed by atoms with Crippen molar-refractivity contribution >= 4 is 17.5 Å². The normalized spacial score (nSPS) is 15.9. The smallest absolute Gasteiger partial charge is 0.410 e. The van der Waals surface area contributed by atoms with Crippen molar-refractivity contribution in [1.82, 2.24) is 4.90 Å². The molecular weight excluding hydrogens is 310 g/mol.